The van der Waals surface area contributed by atoms with Crippen LogP contribution in [0.3, 0.4) is 0 Å². The van der Waals surface area contributed by atoms with Crippen LogP contribution in [0.4, 0.5) is 0 Å². The molecule has 19 heavy (non-hydrogen) atoms. The molecule has 1 saturated heterocycles. The molecule has 1 aliphatic heterocycles. The molecular formula is C15H21BrN2O. The van der Waals surface area contributed by atoms with Gasteiger partial charge >= 0.3 is 0 Å². The molecule has 2 N–H and O–H groups in total. The van der Waals surface area contributed by atoms with E-state index < -0.39 is 0 Å². The van der Waals surface area contributed by atoms with Crippen molar-refractivity contribution in [3.8, 4) is 0 Å². The number of benzene rings is 1. The van der Waals surface area contributed by atoms with E-state index in [1.54, 1.807) is 0 Å². The average molecular weight is 325 g/mol. The zero-order chi connectivity index (χ0) is 13.7. The lowest BCUT2D eigenvalue weighted by Gasteiger charge is -2.25. The van der Waals surface area contributed by atoms with Gasteiger partial charge in [0, 0.05) is 4.47 Å². The van der Waals surface area contributed by atoms with E-state index in [0.717, 1.165) is 35.8 Å². The third-order valence-electron chi connectivity index (χ3n) is 3.62. The molecule has 4 heteroatoms. The molecule has 0 radical (unpaired) electrons. The minimum atomic E-state index is -0.0155. The number of piperidine rings is 1. The number of hydrogen-bond donors (Lipinski definition) is 2. The maximum Gasteiger partial charge on any atom is 0.237 e. The number of amides is 1. The second-order valence-electron chi connectivity index (χ2n) is 5.02. The van der Waals surface area contributed by atoms with Gasteiger partial charge in [0.1, 0.15) is 0 Å². The normalized spacial score (nSPS) is 20.8. The van der Waals surface area contributed by atoms with Crippen molar-refractivity contribution in [1.82, 2.24) is 10.6 Å². The Bertz CT molecular complexity index is 413. The van der Waals surface area contributed by atoms with Gasteiger partial charge in [0.15, 0.2) is 0 Å². The molecule has 2 atom stereocenters. The summed E-state index contributed by atoms with van der Waals surface area (Å²) in [6.07, 6.45) is 4.16. The Morgan fingerprint density at radius 1 is 1.42 bits per heavy atom. The molecule has 0 bridgehead atoms. The number of carbonyl (C=O) groups is 1. The third kappa shape index (κ3) is 4.05. The highest BCUT2D eigenvalue weighted by Crippen LogP contribution is 2.20. The van der Waals surface area contributed by atoms with E-state index in [1.807, 2.05) is 12.1 Å². The van der Waals surface area contributed by atoms with Crippen LogP contribution in [-0.4, -0.2) is 18.5 Å². The maximum absolute atomic E-state index is 12.2. The van der Waals surface area contributed by atoms with Crippen LogP contribution in [0.25, 0.3) is 0 Å². The second kappa shape index (κ2) is 7.06. The van der Waals surface area contributed by atoms with Crippen LogP contribution >= 0.6 is 15.9 Å². The van der Waals surface area contributed by atoms with Gasteiger partial charge in [-0.1, -0.05) is 41.4 Å². The van der Waals surface area contributed by atoms with E-state index in [9.17, 15) is 4.79 Å². The van der Waals surface area contributed by atoms with Gasteiger partial charge in [0.2, 0.25) is 5.91 Å². The summed E-state index contributed by atoms with van der Waals surface area (Å²) >= 11 is 3.43. The molecule has 3 nitrogen and oxygen atoms in total. The molecule has 1 fully saturated rings. The van der Waals surface area contributed by atoms with Crippen LogP contribution in [-0.2, 0) is 4.79 Å². The van der Waals surface area contributed by atoms with Crippen molar-refractivity contribution in [3.05, 3.63) is 34.3 Å². The minimum absolute atomic E-state index is 0.0155. The van der Waals surface area contributed by atoms with Gasteiger partial charge in [-0.25, -0.2) is 0 Å². The summed E-state index contributed by atoms with van der Waals surface area (Å²) in [5.74, 6) is 0.134. The number of nitrogens with one attached hydrogen (secondary N) is 2. The third-order valence-corrected chi connectivity index (χ3v) is 4.15. The summed E-state index contributed by atoms with van der Waals surface area (Å²) in [6.45, 7) is 3.05. The number of halogens is 1. The fourth-order valence-corrected chi connectivity index (χ4v) is 2.73. The highest BCUT2D eigenvalue weighted by Gasteiger charge is 2.22. The van der Waals surface area contributed by atoms with Crippen LogP contribution in [0.5, 0.6) is 0 Å². The van der Waals surface area contributed by atoms with Crippen LogP contribution in [0.2, 0.25) is 0 Å². The molecule has 1 amide bonds. The predicted octanol–water partition coefficient (Wildman–Crippen LogP) is 3.16. The molecule has 1 aromatic rings. The minimum Gasteiger partial charge on any atom is -0.348 e. The Kier molecular flexibility index (Phi) is 5.40. The molecular weight excluding hydrogens is 304 g/mol. The van der Waals surface area contributed by atoms with Gasteiger partial charge in [0.25, 0.3) is 0 Å². The number of hydrogen-bond acceptors (Lipinski definition) is 2. The van der Waals surface area contributed by atoms with Crippen molar-refractivity contribution < 1.29 is 4.79 Å². The van der Waals surface area contributed by atoms with Gasteiger partial charge in [-0.3, -0.25) is 4.79 Å². The molecule has 2 rings (SSSR count). The standard InChI is InChI=1S/C15H21BrN2O/c1-2-13(11-6-8-12(16)9-7-11)18-15(19)14-5-3-4-10-17-14/h6-9,13-14,17H,2-5,10H2,1H3,(H,18,19)/t13?,14-/m0/s1. The number of carbonyl (C=O) groups excluding carboxylic acids is 1. The topological polar surface area (TPSA) is 41.1 Å². The highest BCUT2D eigenvalue weighted by molar-refractivity contribution is 9.10. The van der Waals surface area contributed by atoms with Gasteiger partial charge in [-0.2, -0.15) is 0 Å². The van der Waals surface area contributed by atoms with E-state index in [1.165, 1.54) is 6.42 Å². The maximum atomic E-state index is 12.2. The van der Waals surface area contributed by atoms with Crippen molar-refractivity contribution in [1.29, 1.82) is 0 Å². The van der Waals surface area contributed by atoms with Gasteiger partial charge < -0.3 is 10.6 Å². The SMILES string of the molecule is CCC(NC(=O)[C@@H]1CCCCN1)c1ccc(Br)cc1. The lowest BCUT2D eigenvalue weighted by molar-refractivity contribution is -0.124. The van der Waals surface area contributed by atoms with Crippen molar-refractivity contribution in [3.63, 3.8) is 0 Å². The van der Waals surface area contributed by atoms with E-state index >= 15 is 0 Å². The lowest BCUT2D eigenvalue weighted by Crippen LogP contribution is -2.47. The smallest absolute Gasteiger partial charge is 0.237 e. The summed E-state index contributed by atoms with van der Waals surface area (Å²) in [5, 5.41) is 6.44. The van der Waals surface area contributed by atoms with Crippen LogP contribution in [0.1, 0.15) is 44.2 Å². The fraction of sp³-hybridized carbons (Fsp3) is 0.533. The fourth-order valence-electron chi connectivity index (χ4n) is 2.46. The first-order valence-electron chi connectivity index (χ1n) is 7.00. The van der Waals surface area contributed by atoms with Crippen LogP contribution in [0.15, 0.2) is 28.7 Å². The molecule has 0 aliphatic carbocycles. The molecule has 0 aromatic heterocycles. The Labute approximate surface area is 123 Å². The molecule has 1 aromatic carbocycles. The van der Waals surface area contributed by atoms with Crippen molar-refractivity contribution in [2.45, 2.75) is 44.7 Å². The van der Waals surface area contributed by atoms with E-state index in [2.05, 4.69) is 45.6 Å². The summed E-state index contributed by atoms with van der Waals surface area (Å²) < 4.78 is 1.06. The molecule has 1 unspecified atom stereocenters. The van der Waals surface area contributed by atoms with Crippen LogP contribution < -0.4 is 10.6 Å². The summed E-state index contributed by atoms with van der Waals surface area (Å²) in [6, 6.07) is 8.24. The zero-order valence-electron chi connectivity index (χ0n) is 11.3. The zero-order valence-corrected chi connectivity index (χ0v) is 12.9. The first-order valence-corrected chi connectivity index (χ1v) is 7.79. The van der Waals surface area contributed by atoms with Crippen LogP contribution in [0, 0.1) is 0 Å². The lowest BCUT2D eigenvalue weighted by atomic mass is 10.0. The first kappa shape index (κ1) is 14.5. The van der Waals surface area contributed by atoms with Gasteiger partial charge in [0.05, 0.1) is 12.1 Å². The summed E-state index contributed by atoms with van der Waals surface area (Å²) in [4.78, 5) is 12.2. The van der Waals surface area contributed by atoms with E-state index in [-0.39, 0.29) is 18.0 Å². The Hall–Kier alpha value is -0.870. The molecule has 0 saturated carbocycles. The first-order chi connectivity index (χ1) is 9.20. The highest BCUT2D eigenvalue weighted by atomic mass is 79.9. The summed E-state index contributed by atoms with van der Waals surface area (Å²) in [5.41, 5.74) is 1.16. The Balaban J connectivity index is 1.98. The van der Waals surface area contributed by atoms with Crippen molar-refractivity contribution >= 4 is 21.8 Å². The molecule has 1 heterocycles. The van der Waals surface area contributed by atoms with Gasteiger partial charge in [-0.15, -0.1) is 0 Å². The molecule has 0 spiro atoms. The molecule has 1 aliphatic rings. The van der Waals surface area contributed by atoms with E-state index in [0.29, 0.717) is 0 Å². The van der Waals surface area contributed by atoms with Gasteiger partial charge in [-0.05, 0) is 43.5 Å². The number of rotatable bonds is 4. The predicted molar refractivity (Wildman–Crippen MR) is 81.0 cm³/mol. The summed E-state index contributed by atoms with van der Waals surface area (Å²) in [7, 11) is 0. The average Bonchev–Trinajstić information content (AvgIpc) is 2.46. The monoisotopic (exact) mass is 324 g/mol. The van der Waals surface area contributed by atoms with E-state index in [4.69, 9.17) is 0 Å². The molecule has 104 valence electrons. The Morgan fingerprint density at radius 2 is 2.16 bits per heavy atom. The van der Waals surface area contributed by atoms with Crippen molar-refractivity contribution in [2.75, 3.05) is 6.54 Å². The largest absolute Gasteiger partial charge is 0.348 e. The second-order valence-corrected chi connectivity index (χ2v) is 5.94. The van der Waals surface area contributed by atoms with Crippen molar-refractivity contribution in [2.24, 2.45) is 0 Å². The quantitative estimate of drug-likeness (QED) is 0.893. The Morgan fingerprint density at radius 3 is 2.74 bits per heavy atom.